The lowest BCUT2D eigenvalue weighted by molar-refractivity contribution is 0.628. The zero-order chi connectivity index (χ0) is 10.8. The molecule has 0 radical (unpaired) electrons. The van der Waals surface area contributed by atoms with Gasteiger partial charge in [0.15, 0.2) is 0 Å². The van der Waals surface area contributed by atoms with Crippen LogP contribution in [0.2, 0.25) is 0 Å². The number of nitrogens with two attached hydrogens (primary N) is 1. The fourth-order valence-corrected chi connectivity index (χ4v) is 1.47. The summed E-state index contributed by atoms with van der Waals surface area (Å²) in [5.41, 5.74) is 7.71. The van der Waals surface area contributed by atoms with E-state index in [4.69, 9.17) is 5.73 Å². The Balaban J connectivity index is 2.54. The summed E-state index contributed by atoms with van der Waals surface area (Å²) in [6.07, 6.45) is 0. The Labute approximate surface area is 86.5 Å². The second-order valence-electron chi connectivity index (χ2n) is 3.22. The van der Waals surface area contributed by atoms with Crippen molar-refractivity contribution in [2.24, 2.45) is 12.8 Å². The molecule has 5 heteroatoms. The van der Waals surface area contributed by atoms with Crippen LogP contribution in [-0.4, -0.2) is 15.0 Å². The first-order valence-electron chi connectivity index (χ1n) is 4.57. The van der Waals surface area contributed by atoms with E-state index in [0.29, 0.717) is 17.8 Å². The molecule has 0 aliphatic rings. The fourth-order valence-electron chi connectivity index (χ4n) is 1.47. The summed E-state index contributed by atoms with van der Waals surface area (Å²) in [4.78, 5) is 0. The van der Waals surface area contributed by atoms with Crippen LogP contribution in [0.5, 0.6) is 0 Å². The molecule has 2 aromatic rings. The Morgan fingerprint density at radius 2 is 2.27 bits per heavy atom. The van der Waals surface area contributed by atoms with Gasteiger partial charge in [-0.25, -0.2) is 4.39 Å². The van der Waals surface area contributed by atoms with Crippen LogP contribution in [0.15, 0.2) is 24.3 Å². The van der Waals surface area contributed by atoms with Gasteiger partial charge in [-0.05, 0) is 12.1 Å². The summed E-state index contributed by atoms with van der Waals surface area (Å²) in [6, 6.07) is 6.23. The molecule has 0 aliphatic heterocycles. The Hall–Kier alpha value is -1.75. The average molecular weight is 206 g/mol. The van der Waals surface area contributed by atoms with Crippen LogP contribution in [0.25, 0.3) is 11.3 Å². The van der Waals surface area contributed by atoms with Crippen molar-refractivity contribution in [3.63, 3.8) is 0 Å². The first-order valence-corrected chi connectivity index (χ1v) is 4.57. The van der Waals surface area contributed by atoms with Gasteiger partial charge in [0, 0.05) is 19.2 Å². The molecule has 78 valence electrons. The fraction of sp³-hybridized carbons (Fsp3) is 0.200. The molecule has 0 bridgehead atoms. The Kier molecular flexibility index (Phi) is 2.47. The standard InChI is InChI=1S/C10H11FN4/c1-15-9(6-12)10(13-14-15)7-3-2-4-8(11)5-7/h2-5H,6,12H2,1H3. The Bertz CT molecular complexity index is 478. The van der Waals surface area contributed by atoms with Crippen molar-refractivity contribution in [1.29, 1.82) is 0 Å². The van der Waals surface area contributed by atoms with Crippen molar-refractivity contribution in [3.8, 4) is 11.3 Å². The maximum Gasteiger partial charge on any atom is 0.123 e. The molecule has 2 rings (SSSR count). The van der Waals surface area contributed by atoms with Crippen LogP contribution in [0.3, 0.4) is 0 Å². The molecule has 0 atom stereocenters. The monoisotopic (exact) mass is 206 g/mol. The molecule has 0 fully saturated rings. The topological polar surface area (TPSA) is 56.7 Å². The molecule has 0 saturated carbocycles. The zero-order valence-corrected chi connectivity index (χ0v) is 8.31. The second-order valence-corrected chi connectivity index (χ2v) is 3.22. The van der Waals surface area contributed by atoms with Gasteiger partial charge in [-0.3, -0.25) is 4.68 Å². The molecule has 1 aromatic heterocycles. The van der Waals surface area contributed by atoms with Crippen molar-refractivity contribution in [3.05, 3.63) is 35.8 Å². The summed E-state index contributed by atoms with van der Waals surface area (Å²) in [6.45, 7) is 0.329. The van der Waals surface area contributed by atoms with Gasteiger partial charge in [0.1, 0.15) is 11.5 Å². The average Bonchev–Trinajstić information content (AvgIpc) is 2.59. The molecule has 1 heterocycles. The number of nitrogens with zero attached hydrogens (tertiary/aromatic N) is 3. The predicted octanol–water partition coefficient (Wildman–Crippen LogP) is 1.08. The molecule has 4 nitrogen and oxygen atoms in total. The molecule has 0 aliphatic carbocycles. The molecule has 0 spiro atoms. The number of benzene rings is 1. The number of rotatable bonds is 2. The molecule has 1 aromatic carbocycles. The van der Waals surface area contributed by atoms with E-state index in [-0.39, 0.29) is 5.82 Å². The van der Waals surface area contributed by atoms with E-state index in [1.807, 2.05) is 0 Å². The van der Waals surface area contributed by atoms with E-state index in [2.05, 4.69) is 10.3 Å². The van der Waals surface area contributed by atoms with Gasteiger partial charge >= 0.3 is 0 Å². The highest BCUT2D eigenvalue weighted by Crippen LogP contribution is 2.20. The van der Waals surface area contributed by atoms with Crippen molar-refractivity contribution >= 4 is 0 Å². The van der Waals surface area contributed by atoms with Crippen LogP contribution in [-0.2, 0) is 13.6 Å². The molecular weight excluding hydrogens is 195 g/mol. The lowest BCUT2D eigenvalue weighted by Gasteiger charge is -2.01. The second kappa shape index (κ2) is 3.78. The third kappa shape index (κ3) is 1.73. The van der Waals surface area contributed by atoms with Gasteiger partial charge in [0.2, 0.25) is 0 Å². The maximum atomic E-state index is 13.0. The van der Waals surface area contributed by atoms with E-state index in [9.17, 15) is 4.39 Å². The Morgan fingerprint density at radius 1 is 1.47 bits per heavy atom. The summed E-state index contributed by atoms with van der Waals surface area (Å²) >= 11 is 0. The number of aryl methyl sites for hydroxylation is 1. The molecule has 0 unspecified atom stereocenters. The first kappa shape index (κ1) is 9.79. The van der Waals surface area contributed by atoms with E-state index in [1.165, 1.54) is 12.1 Å². The van der Waals surface area contributed by atoms with Crippen LogP contribution in [0.1, 0.15) is 5.69 Å². The summed E-state index contributed by atoms with van der Waals surface area (Å²) in [5, 5.41) is 7.82. The zero-order valence-electron chi connectivity index (χ0n) is 8.31. The van der Waals surface area contributed by atoms with Crippen molar-refractivity contribution in [2.75, 3.05) is 0 Å². The number of hydrogen-bond acceptors (Lipinski definition) is 3. The van der Waals surface area contributed by atoms with Crippen LogP contribution in [0.4, 0.5) is 4.39 Å². The van der Waals surface area contributed by atoms with Gasteiger partial charge in [0.05, 0.1) is 5.69 Å². The van der Waals surface area contributed by atoms with E-state index in [0.717, 1.165) is 5.69 Å². The molecule has 0 amide bonds. The summed E-state index contributed by atoms with van der Waals surface area (Å²) in [7, 11) is 1.76. The lowest BCUT2D eigenvalue weighted by atomic mass is 10.1. The first-order chi connectivity index (χ1) is 7.22. The SMILES string of the molecule is Cn1nnc(-c2cccc(F)c2)c1CN. The predicted molar refractivity (Wildman–Crippen MR) is 54.3 cm³/mol. The van der Waals surface area contributed by atoms with E-state index in [1.54, 1.807) is 23.9 Å². The minimum absolute atomic E-state index is 0.291. The van der Waals surface area contributed by atoms with Gasteiger partial charge in [-0.1, -0.05) is 17.3 Å². The van der Waals surface area contributed by atoms with Gasteiger partial charge in [-0.15, -0.1) is 5.10 Å². The highest BCUT2D eigenvalue weighted by Gasteiger charge is 2.11. The van der Waals surface area contributed by atoms with Gasteiger partial charge in [-0.2, -0.15) is 0 Å². The van der Waals surface area contributed by atoms with Crippen molar-refractivity contribution in [1.82, 2.24) is 15.0 Å². The van der Waals surface area contributed by atoms with E-state index >= 15 is 0 Å². The summed E-state index contributed by atoms with van der Waals surface area (Å²) < 4.78 is 14.6. The molecule has 2 N–H and O–H groups in total. The minimum atomic E-state index is -0.291. The maximum absolute atomic E-state index is 13.0. The quantitative estimate of drug-likeness (QED) is 0.799. The largest absolute Gasteiger partial charge is 0.325 e. The molecular formula is C10H11FN4. The lowest BCUT2D eigenvalue weighted by Crippen LogP contribution is -2.05. The third-order valence-electron chi connectivity index (χ3n) is 2.23. The van der Waals surface area contributed by atoms with E-state index < -0.39 is 0 Å². The molecule has 15 heavy (non-hydrogen) atoms. The number of hydrogen-bond donors (Lipinski definition) is 1. The normalized spacial score (nSPS) is 10.6. The number of halogens is 1. The van der Waals surface area contributed by atoms with Crippen molar-refractivity contribution < 1.29 is 4.39 Å². The Morgan fingerprint density at radius 3 is 2.93 bits per heavy atom. The highest BCUT2D eigenvalue weighted by molar-refractivity contribution is 5.61. The van der Waals surface area contributed by atoms with Crippen LogP contribution >= 0.6 is 0 Å². The minimum Gasteiger partial charge on any atom is -0.325 e. The third-order valence-corrected chi connectivity index (χ3v) is 2.23. The van der Waals surface area contributed by atoms with Gasteiger partial charge in [0.25, 0.3) is 0 Å². The summed E-state index contributed by atoms with van der Waals surface area (Å²) in [5.74, 6) is -0.291. The van der Waals surface area contributed by atoms with Crippen LogP contribution < -0.4 is 5.73 Å². The smallest absolute Gasteiger partial charge is 0.123 e. The highest BCUT2D eigenvalue weighted by atomic mass is 19.1. The van der Waals surface area contributed by atoms with Crippen LogP contribution in [0, 0.1) is 5.82 Å². The molecule has 0 saturated heterocycles. The number of aromatic nitrogens is 3. The van der Waals surface area contributed by atoms with Gasteiger partial charge < -0.3 is 5.73 Å². The van der Waals surface area contributed by atoms with Crippen molar-refractivity contribution in [2.45, 2.75) is 6.54 Å².